The molecule has 1 aliphatic carbocycles. The molecule has 1 saturated heterocycles. The van der Waals surface area contributed by atoms with E-state index in [-0.39, 0.29) is 5.54 Å². The highest BCUT2D eigenvalue weighted by molar-refractivity contribution is 5.17. The number of benzene rings is 1. The topological polar surface area (TPSA) is 34.0 Å². The Labute approximate surface area is 151 Å². The predicted octanol–water partition coefficient (Wildman–Crippen LogP) is 4.22. The Bertz CT molecular complexity index is 664. The summed E-state index contributed by atoms with van der Waals surface area (Å²) in [4.78, 5) is 2.74. The zero-order valence-electron chi connectivity index (χ0n) is 15.4. The molecule has 4 rings (SSSR count). The summed E-state index contributed by atoms with van der Waals surface area (Å²) in [5.41, 5.74) is 2.62. The van der Waals surface area contributed by atoms with Crippen molar-refractivity contribution in [1.29, 1.82) is 0 Å². The van der Waals surface area contributed by atoms with Crippen molar-refractivity contribution in [3.05, 3.63) is 47.8 Å². The average Bonchev–Trinajstić information content (AvgIpc) is 3.13. The van der Waals surface area contributed by atoms with E-state index in [9.17, 15) is 0 Å². The van der Waals surface area contributed by atoms with Gasteiger partial charge in [0, 0.05) is 0 Å². The normalized spacial score (nSPS) is 22.1. The summed E-state index contributed by atoms with van der Waals surface area (Å²) < 4.78 is 2.02. The third kappa shape index (κ3) is 3.50. The second kappa shape index (κ2) is 7.28. The third-order valence-corrected chi connectivity index (χ3v) is 6.27. The van der Waals surface area contributed by atoms with E-state index >= 15 is 0 Å². The first kappa shape index (κ1) is 16.8. The average molecular weight is 338 g/mol. The summed E-state index contributed by atoms with van der Waals surface area (Å²) in [5.74, 6) is 0.866. The smallest absolute Gasteiger partial charge is 0.103 e. The van der Waals surface area contributed by atoms with Gasteiger partial charge in [0.25, 0.3) is 0 Å². The molecule has 2 aromatic rings. The highest BCUT2D eigenvalue weighted by Crippen LogP contribution is 2.43. The van der Waals surface area contributed by atoms with Crippen molar-refractivity contribution in [2.75, 3.05) is 13.1 Å². The minimum atomic E-state index is 0.132. The van der Waals surface area contributed by atoms with Crippen LogP contribution in [-0.4, -0.2) is 33.0 Å². The molecule has 2 aliphatic rings. The summed E-state index contributed by atoms with van der Waals surface area (Å²) in [5, 5.41) is 9.16. The minimum Gasteiger partial charge on any atom is -0.292 e. The molecule has 0 bridgehead atoms. The van der Waals surface area contributed by atoms with Crippen molar-refractivity contribution in [3.8, 4) is 0 Å². The molecule has 2 fully saturated rings. The zero-order chi connectivity index (χ0) is 17.1. The van der Waals surface area contributed by atoms with Crippen molar-refractivity contribution >= 4 is 0 Å². The van der Waals surface area contributed by atoms with Gasteiger partial charge in [-0.15, -0.1) is 5.10 Å². The van der Waals surface area contributed by atoms with Crippen LogP contribution in [0.15, 0.2) is 36.5 Å². The Morgan fingerprint density at radius 1 is 1.04 bits per heavy atom. The molecule has 0 atom stereocenters. The van der Waals surface area contributed by atoms with Crippen LogP contribution in [-0.2, 0) is 12.1 Å². The monoisotopic (exact) mass is 338 g/mol. The van der Waals surface area contributed by atoms with Gasteiger partial charge in [-0.2, -0.15) is 0 Å². The summed E-state index contributed by atoms with van der Waals surface area (Å²) >= 11 is 0. The molecular weight excluding hydrogens is 308 g/mol. The fraction of sp³-hybridized carbons (Fsp3) is 0.619. The Kier molecular flexibility index (Phi) is 4.89. The van der Waals surface area contributed by atoms with Gasteiger partial charge in [-0.25, -0.2) is 4.68 Å². The first-order valence-electron chi connectivity index (χ1n) is 9.96. The zero-order valence-corrected chi connectivity index (χ0v) is 15.4. The molecule has 4 heteroatoms. The maximum absolute atomic E-state index is 4.67. The number of nitrogens with zero attached hydrogens (tertiary/aromatic N) is 4. The maximum Gasteiger partial charge on any atom is 0.103 e. The molecule has 1 saturated carbocycles. The van der Waals surface area contributed by atoms with Gasteiger partial charge in [-0.05, 0) is 50.3 Å². The predicted molar refractivity (Wildman–Crippen MR) is 100 cm³/mol. The van der Waals surface area contributed by atoms with Crippen LogP contribution in [0.5, 0.6) is 0 Å². The van der Waals surface area contributed by atoms with Crippen molar-refractivity contribution in [1.82, 2.24) is 19.9 Å². The first-order chi connectivity index (χ1) is 12.3. The van der Waals surface area contributed by atoms with Crippen molar-refractivity contribution < 1.29 is 0 Å². The summed E-state index contributed by atoms with van der Waals surface area (Å²) in [6.07, 6.45) is 11.3. The molecule has 1 aliphatic heterocycles. The van der Waals surface area contributed by atoms with Crippen LogP contribution in [0.1, 0.15) is 63.1 Å². The number of likely N-dealkylation sites (tertiary alicyclic amines) is 1. The Morgan fingerprint density at radius 3 is 2.48 bits per heavy atom. The van der Waals surface area contributed by atoms with E-state index in [0.717, 1.165) is 12.5 Å². The van der Waals surface area contributed by atoms with Gasteiger partial charge in [-0.3, -0.25) is 4.90 Å². The van der Waals surface area contributed by atoms with E-state index in [4.69, 9.17) is 0 Å². The number of hydrogen-bond acceptors (Lipinski definition) is 3. The quantitative estimate of drug-likeness (QED) is 0.837. The van der Waals surface area contributed by atoms with E-state index < -0.39 is 0 Å². The van der Waals surface area contributed by atoms with Gasteiger partial charge < -0.3 is 0 Å². The van der Waals surface area contributed by atoms with E-state index in [1.807, 2.05) is 4.68 Å². The molecule has 4 nitrogen and oxygen atoms in total. The Hall–Kier alpha value is -1.68. The van der Waals surface area contributed by atoms with E-state index in [2.05, 4.69) is 58.7 Å². The van der Waals surface area contributed by atoms with Gasteiger partial charge >= 0.3 is 0 Å². The molecule has 134 valence electrons. The lowest BCUT2D eigenvalue weighted by Crippen LogP contribution is -2.51. The molecule has 2 heterocycles. The van der Waals surface area contributed by atoms with Crippen molar-refractivity contribution in [3.63, 3.8) is 0 Å². The molecule has 1 aromatic carbocycles. The van der Waals surface area contributed by atoms with Crippen LogP contribution in [0.3, 0.4) is 0 Å². The summed E-state index contributed by atoms with van der Waals surface area (Å²) in [7, 11) is 0. The van der Waals surface area contributed by atoms with Crippen LogP contribution in [0.2, 0.25) is 0 Å². The van der Waals surface area contributed by atoms with Crippen molar-refractivity contribution in [2.24, 2.45) is 5.92 Å². The van der Waals surface area contributed by atoms with Crippen LogP contribution >= 0.6 is 0 Å². The molecule has 0 spiro atoms. The summed E-state index contributed by atoms with van der Waals surface area (Å²) in [6.45, 7) is 5.63. The molecule has 0 amide bonds. The SMILES string of the molecule is CC1CCN(C2(c3cn(Cc4ccccc4)nn3)CCCCC2)CC1. The number of aromatic nitrogens is 3. The van der Waals surface area contributed by atoms with Crippen LogP contribution in [0.4, 0.5) is 0 Å². The van der Waals surface area contributed by atoms with Gasteiger partial charge in [0.05, 0.1) is 18.3 Å². The fourth-order valence-corrected chi connectivity index (χ4v) is 4.67. The molecule has 25 heavy (non-hydrogen) atoms. The van der Waals surface area contributed by atoms with Gasteiger partial charge in [0.15, 0.2) is 0 Å². The van der Waals surface area contributed by atoms with Crippen LogP contribution in [0, 0.1) is 5.92 Å². The molecule has 0 N–H and O–H groups in total. The van der Waals surface area contributed by atoms with Crippen LogP contribution in [0.25, 0.3) is 0 Å². The molecule has 0 radical (unpaired) electrons. The molecule has 0 unspecified atom stereocenters. The van der Waals surface area contributed by atoms with Gasteiger partial charge in [0.2, 0.25) is 0 Å². The van der Waals surface area contributed by atoms with Gasteiger partial charge in [-0.1, -0.05) is 61.7 Å². The third-order valence-electron chi connectivity index (χ3n) is 6.27. The highest BCUT2D eigenvalue weighted by atomic mass is 15.4. The van der Waals surface area contributed by atoms with Crippen molar-refractivity contribution in [2.45, 2.75) is 64.0 Å². The lowest BCUT2D eigenvalue weighted by molar-refractivity contribution is 0.0161. The largest absolute Gasteiger partial charge is 0.292 e. The lowest BCUT2D eigenvalue weighted by atomic mass is 9.76. The lowest BCUT2D eigenvalue weighted by Gasteiger charge is -2.48. The van der Waals surface area contributed by atoms with E-state index in [1.54, 1.807) is 0 Å². The van der Waals surface area contributed by atoms with E-state index in [1.165, 1.54) is 69.3 Å². The maximum atomic E-state index is 4.67. The standard InChI is InChI=1S/C21H30N4/c1-18-10-14-24(15-11-18)21(12-6-3-7-13-21)20-17-25(23-22-20)16-19-8-4-2-5-9-19/h2,4-5,8-9,17-18H,3,6-7,10-16H2,1H3. The van der Waals surface area contributed by atoms with E-state index in [0.29, 0.717) is 0 Å². The minimum absolute atomic E-state index is 0.132. The number of hydrogen-bond donors (Lipinski definition) is 0. The fourth-order valence-electron chi connectivity index (χ4n) is 4.67. The second-order valence-corrected chi connectivity index (χ2v) is 8.05. The Balaban J connectivity index is 1.57. The highest BCUT2D eigenvalue weighted by Gasteiger charge is 2.42. The Morgan fingerprint density at radius 2 is 1.76 bits per heavy atom. The number of rotatable bonds is 4. The molecule has 1 aromatic heterocycles. The second-order valence-electron chi connectivity index (χ2n) is 8.05. The number of piperidine rings is 1. The van der Waals surface area contributed by atoms with Crippen LogP contribution < -0.4 is 0 Å². The molecular formula is C21H30N4. The van der Waals surface area contributed by atoms with Gasteiger partial charge in [0.1, 0.15) is 5.69 Å². The summed E-state index contributed by atoms with van der Waals surface area (Å²) in [6, 6.07) is 10.5. The first-order valence-corrected chi connectivity index (χ1v) is 9.96.